The minimum absolute atomic E-state index is 0.562. The van der Waals surface area contributed by atoms with Crippen LogP contribution in [0.25, 0.3) is 136 Å². The largest absolute Gasteiger partial charge is 0.456 e. The molecule has 0 bridgehead atoms. The molecule has 302 valence electrons. The highest BCUT2D eigenvalue weighted by Gasteiger charge is 2.23. The zero-order valence-corrected chi connectivity index (χ0v) is 35.6. The quantitative estimate of drug-likeness (QED) is 0.173. The van der Waals surface area contributed by atoms with Gasteiger partial charge in [-0.05, 0) is 87.3 Å². The van der Waals surface area contributed by atoms with Crippen molar-refractivity contribution in [2.24, 2.45) is 0 Å². The first-order valence-corrected chi connectivity index (χ1v) is 22.7. The van der Waals surface area contributed by atoms with Crippen LogP contribution in [0, 0.1) is 0 Å². The number of nitrogens with zero attached hydrogens (tertiary/aromatic N) is 4. The molecule has 0 saturated carbocycles. The molecule has 4 aromatic heterocycles. The topological polar surface area (TPSA) is 56.7 Å². The van der Waals surface area contributed by atoms with Gasteiger partial charge in [0.25, 0.3) is 0 Å². The molecule has 0 atom stereocenters. The van der Waals surface area contributed by atoms with Crippen LogP contribution in [0.3, 0.4) is 0 Å². The molecule has 0 radical (unpaired) electrons. The molecule has 14 rings (SSSR count). The Labute approximate surface area is 376 Å². The molecular weight excluding hydrogens is 813 g/mol. The second-order valence-electron chi connectivity index (χ2n) is 16.7. The van der Waals surface area contributed by atoms with Gasteiger partial charge in [-0.25, -0.2) is 15.0 Å². The summed E-state index contributed by atoms with van der Waals surface area (Å²) in [5.41, 5.74) is 9.73. The molecule has 0 saturated heterocycles. The molecule has 0 amide bonds. The molecule has 5 nitrogen and oxygen atoms in total. The van der Waals surface area contributed by atoms with Gasteiger partial charge in [-0.2, -0.15) is 0 Å². The fraction of sp³-hybridized carbons (Fsp3) is 0. The lowest BCUT2D eigenvalue weighted by Crippen LogP contribution is -2.02. The van der Waals surface area contributed by atoms with Crippen molar-refractivity contribution in [3.8, 4) is 51.0 Å². The SMILES string of the molecule is c1ccc(-c2cccc(-c3nc(-c4cc(-n5c6cc7ccccc7cc6c6c7ccccc7ccc65)c5c(c4)oc4ccccc45)nc(-c4cccc5sc6ccccc6c45)n3)c2)cc1. The summed E-state index contributed by atoms with van der Waals surface area (Å²) < 4.78 is 11.7. The molecule has 0 unspecified atom stereocenters. The number of fused-ring (bicyclic) bond motifs is 12. The summed E-state index contributed by atoms with van der Waals surface area (Å²) in [6, 6.07) is 73.2. The minimum atomic E-state index is 0.562. The summed E-state index contributed by atoms with van der Waals surface area (Å²) in [5.74, 6) is 1.78. The molecule has 65 heavy (non-hydrogen) atoms. The van der Waals surface area contributed by atoms with E-state index in [2.05, 4.69) is 199 Å². The molecule has 0 N–H and O–H groups in total. The lowest BCUT2D eigenvalue weighted by molar-refractivity contribution is 0.669. The van der Waals surface area contributed by atoms with Crippen LogP contribution in [0.1, 0.15) is 0 Å². The highest BCUT2D eigenvalue weighted by molar-refractivity contribution is 7.25. The normalized spacial score (nSPS) is 12.0. The third-order valence-electron chi connectivity index (χ3n) is 13.0. The molecule has 4 heterocycles. The van der Waals surface area contributed by atoms with Crippen molar-refractivity contribution in [1.29, 1.82) is 0 Å². The smallest absolute Gasteiger partial charge is 0.164 e. The zero-order valence-electron chi connectivity index (χ0n) is 34.7. The number of furan rings is 1. The van der Waals surface area contributed by atoms with Crippen LogP contribution in [-0.2, 0) is 0 Å². The van der Waals surface area contributed by atoms with Gasteiger partial charge < -0.3 is 8.98 Å². The Balaban J connectivity index is 1.09. The Morgan fingerprint density at radius 1 is 0.354 bits per heavy atom. The van der Waals surface area contributed by atoms with Crippen LogP contribution < -0.4 is 0 Å². The zero-order chi connectivity index (χ0) is 42.6. The van der Waals surface area contributed by atoms with Crippen LogP contribution in [-0.4, -0.2) is 19.5 Å². The molecule has 14 aromatic rings. The summed E-state index contributed by atoms with van der Waals surface area (Å²) in [7, 11) is 0. The van der Waals surface area contributed by atoms with E-state index >= 15 is 0 Å². The van der Waals surface area contributed by atoms with Gasteiger partial charge in [0.2, 0.25) is 0 Å². The lowest BCUT2D eigenvalue weighted by Gasteiger charge is -2.14. The third kappa shape index (κ3) is 5.61. The van der Waals surface area contributed by atoms with Crippen LogP contribution in [0.4, 0.5) is 0 Å². The van der Waals surface area contributed by atoms with E-state index in [1.165, 1.54) is 47.1 Å². The van der Waals surface area contributed by atoms with E-state index < -0.39 is 0 Å². The van der Waals surface area contributed by atoms with Crippen molar-refractivity contribution in [3.05, 3.63) is 206 Å². The Morgan fingerprint density at radius 2 is 1.02 bits per heavy atom. The van der Waals surface area contributed by atoms with Gasteiger partial charge in [-0.3, -0.25) is 0 Å². The van der Waals surface area contributed by atoms with Crippen LogP contribution >= 0.6 is 11.3 Å². The first kappa shape index (κ1) is 36.1. The van der Waals surface area contributed by atoms with Crippen molar-refractivity contribution in [2.75, 3.05) is 0 Å². The predicted molar refractivity (Wildman–Crippen MR) is 271 cm³/mol. The molecule has 10 aromatic carbocycles. The van der Waals surface area contributed by atoms with E-state index in [1.807, 2.05) is 12.1 Å². The number of aromatic nitrogens is 4. The summed E-state index contributed by atoms with van der Waals surface area (Å²) in [6.07, 6.45) is 0. The average molecular weight is 847 g/mol. The highest BCUT2D eigenvalue weighted by atomic mass is 32.1. The monoisotopic (exact) mass is 846 g/mol. The Hall–Kier alpha value is -8.45. The first-order chi connectivity index (χ1) is 32.2. The molecule has 6 heteroatoms. The van der Waals surface area contributed by atoms with Gasteiger partial charge in [0.05, 0.1) is 22.1 Å². The number of rotatable bonds is 5. The fourth-order valence-corrected chi connectivity index (χ4v) is 11.2. The summed E-state index contributed by atoms with van der Waals surface area (Å²) in [6.45, 7) is 0. The Morgan fingerprint density at radius 3 is 1.89 bits per heavy atom. The van der Waals surface area contributed by atoms with Crippen LogP contribution in [0.15, 0.2) is 211 Å². The third-order valence-corrected chi connectivity index (χ3v) is 14.1. The standard InChI is InChI=1S/C59H34N4OS/c1-2-14-35(15-3-1)37-19-12-20-40(30-37)57-60-58(62-59(61-57)45-24-13-27-53-55(45)44-23-9-11-26-52(44)65-53)41-33-49(56-43-22-8-10-25-50(43)64-51(56)34-41)63-47-29-28-36-16-6-7-21-42(36)54(47)46-31-38-17-4-5-18-39(38)32-48(46)63/h1-34H. The maximum absolute atomic E-state index is 6.82. The van der Waals surface area contributed by atoms with Crippen molar-refractivity contribution < 1.29 is 4.42 Å². The second kappa shape index (κ2) is 14.0. The molecule has 0 aliphatic rings. The first-order valence-electron chi connectivity index (χ1n) is 21.8. The van der Waals surface area contributed by atoms with E-state index in [0.29, 0.717) is 17.5 Å². The van der Waals surface area contributed by atoms with Crippen molar-refractivity contribution in [3.63, 3.8) is 0 Å². The molecule has 0 aliphatic carbocycles. The van der Waals surface area contributed by atoms with Crippen LogP contribution in [0.2, 0.25) is 0 Å². The number of thiophene rings is 1. The predicted octanol–water partition coefficient (Wildman–Crippen LogP) is 16.2. The Bertz CT molecular complexity index is 4260. The van der Waals surface area contributed by atoms with Gasteiger partial charge in [0, 0.05) is 53.0 Å². The molecule has 0 spiro atoms. The van der Waals surface area contributed by atoms with E-state index in [4.69, 9.17) is 19.4 Å². The summed E-state index contributed by atoms with van der Waals surface area (Å²) in [4.78, 5) is 16.2. The van der Waals surface area contributed by atoms with Crippen molar-refractivity contribution in [2.45, 2.75) is 0 Å². The molecular formula is C59H34N4OS. The van der Waals surface area contributed by atoms with Gasteiger partial charge in [0.15, 0.2) is 17.5 Å². The maximum atomic E-state index is 6.82. The van der Waals surface area contributed by atoms with Crippen molar-refractivity contribution in [1.82, 2.24) is 19.5 Å². The van der Waals surface area contributed by atoms with Gasteiger partial charge in [0.1, 0.15) is 11.2 Å². The van der Waals surface area contributed by atoms with Gasteiger partial charge in [-0.15, -0.1) is 11.3 Å². The lowest BCUT2D eigenvalue weighted by atomic mass is 10.0. The fourth-order valence-electron chi connectivity index (χ4n) is 10.1. The van der Waals surface area contributed by atoms with E-state index in [9.17, 15) is 0 Å². The van der Waals surface area contributed by atoms with Gasteiger partial charge in [-0.1, -0.05) is 152 Å². The van der Waals surface area contributed by atoms with E-state index in [1.54, 1.807) is 11.3 Å². The number of hydrogen-bond donors (Lipinski definition) is 0. The molecule has 0 aliphatic heterocycles. The van der Waals surface area contributed by atoms with E-state index in [-0.39, 0.29) is 0 Å². The number of hydrogen-bond acceptors (Lipinski definition) is 5. The second-order valence-corrected chi connectivity index (χ2v) is 17.8. The summed E-state index contributed by atoms with van der Waals surface area (Å²) >= 11 is 1.79. The number of benzene rings is 10. The maximum Gasteiger partial charge on any atom is 0.164 e. The van der Waals surface area contributed by atoms with E-state index in [0.717, 1.165) is 71.9 Å². The van der Waals surface area contributed by atoms with Gasteiger partial charge >= 0.3 is 0 Å². The van der Waals surface area contributed by atoms with Crippen molar-refractivity contribution >= 4 is 96.8 Å². The summed E-state index contributed by atoms with van der Waals surface area (Å²) in [5, 5.41) is 11.6. The highest BCUT2D eigenvalue weighted by Crippen LogP contribution is 2.45. The minimum Gasteiger partial charge on any atom is -0.456 e. The molecule has 0 fully saturated rings. The van der Waals surface area contributed by atoms with Crippen LogP contribution in [0.5, 0.6) is 0 Å². The average Bonchev–Trinajstić information content (AvgIpc) is 4.05. The Kier molecular flexibility index (Phi) is 7.79. The number of para-hydroxylation sites is 1.